The third-order valence-electron chi connectivity index (χ3n) is 3.24. The molecular weight excluding hydrogens is 294 g/mol. The van der Waals surface area contributed by atoms with E-state index in [4.69, 9.17) is 4.74 Å². The number of nitrogens with one attached hydrogen (secondary N) is 1. The summed E-state index contributed by atoms with van der Waals surface area (Å²) in [4.78, 5) is 12.1. The van der Waals surface area contributed by atoms with Crippen molar-refractivity contribution in [2.24, 2.45) is 5.92 Å². The average Bonchev–Trinajstić information content (AvgIpc) is 2.83. The Labute approximate surface area is 116 Å². The van der Waals surface area contributed by atoms with E-state index in [0.717, 1.165) is 12.0 Å². The summed E-state index contributed by atoms with van der Waals surface area (Å²) < 4.78 is 5.43. The summed E-state index contributed by atoms with van der Waals surface area (Å²) in [5.41, 5.74) is 1.12. The lowest BCUT2D eigenvalue weighted by molar-refractivity contribution is -0.125. The van der Waals surface area contributed by atoms with Gasteiger partial charge in [-0.05, 0) is 18.9 Å². The monoisotopic (exact) mass is 311 g/mol. The molecule has 1 fully saturated rings. The molecule has 0 aliphatic carbocycles. The first-order valence-electron chi connectivity index (χ1n) is 6.23. The van der Waals surface area contributed by atoms with Crippen molar-refractivity contribution in [3.8, 4) is 0 Å². The lowest BCUT2D eigenvalue weighted by Gasteiger charge is -2.18. The van der Waals surface area contributed by atoms with Crippen molar-refractivity contribution < 1.29 is 9.53 Å². The predicted molar refractivity (Wildman–Crippen MR) is 74.6 cm³/mol. The predicted octanol–water partition coefficient (Wildman–Crippen LogP) is 2.66. The lowest BCUT2D eigenvalue weighted by Crippen LogP contribution is -2.35. The maximum absolute atomic E-state index is 12.1. The molecule has 0 aromatic heterocycles. The fraction of sp³-hybridized carbons (Fsp3) is 0.500. The second-order valence-electron chi connectivity index (χ2n) is 4.70. The van der Waals surface area contributed by atoms with Gasteiger partial charge in [-0.25, -0.2) is 0 Å². The van der Waals surface area contributed by atoms with Crippen molar-refractivity contribution in [1.82, 2.24) is 5.32 Å². The summed E-state index contributed by atoms with van der Waals surface area (Å²) in [5, 5.41) is 3.79. The van der Waals surface area contributed by atoms with E-state index in [1.165, 1.54) is 0 Å². The third-order valence-corrected chi connectivity index (χ3v) is 3.89. The summed E-state index contributed by atoms with van der Waals surface area (Å²) in [7, 11) is 0. The van der Waals surface area contributed by atoms with Crippen LogP contribution in [-0.4, -0.2) is 23.9 Å². The smallest absolute Gasteiger partial charge is 0.226 e. The highest BCUT2D eigenvalue weighted by Gasteiger charge is 2.29. The topological polar surface area (TPSA) is 38.3 Å². The molecule has 1 aromatic rings. The zero-order chi connectivity index (χ0) is 13.0. The number of carbonyl (C=O) groups excluding carboxylic acids is 1. The third kappa shape index (κ3) is 3.33. The van der Waals surface area contributed by atoms with Crippen molar-refractivity contribution in [3.63, 3.8) is 0 Å². The molecular formula is C14H18BrNO2. The minimum absolute atomic E-state index is 0.00902. The summed E-state index contributed by atoms with van der Waals surface area (Å²) in [5.74, 6) is 0.0814. The number of alkyl halides is 1. The van der Waals surface area contributed by atoms with Crippen LogP contribution in [-0.2, 0) is 9.53 Å². The van der Waals surface area contributed by atoms with Gasteiger partial charge in [0, 0.05) is 5.33 Å². The van der Waals surface area contributed by atoms with Gasteiger partial charge in [0.1, 0.15) is 0 Å². The van der Waals surface area contributed by atoms with Gasteiger partial charge in [0.15, 0.2) is 0 Å². The van der Waals surface area contributed by atoms with Gasteiger partial charge in [-0.3, -0.25) is 4.79 Å². The molecule has 0 saturated carbocycles. The molecule has 18 heavy (non-hydrogen) atoms. The standard InChI is InChI=1S/C14H18BrNO2/c1-10-7-12(9-18-10)14(17)16-13(8-15)11-5-3-2-4-6-11/h2-6,10,12-13H,7-9H2,1H3,(H,16,17). The summed E-state index contributed by atoms with van der Waals surface area (Å²) in [6, 6.07) is 10.0. The number of halogens is 1. The van der Waals surface area contributed by atoms with Crippen molar-refractivity contribution in [3.05, 3.63) is 35.9 Å². The zero-order valence-electron chi connectivity index (χ0n) is 10.4. The summed E-state index contributed by atoms with van der Waals surface area (Å²) in [6.45, 7) is 2.54. The van der Waals surface area contributed by atoms with Crippen LogP contribution in [0.15, 0.2) is 30.3 Å². The molecule has 1 saturated heterocycles. The molecule has 3 unspecified atom stereocenters. The van der Waals surface area contributed by atoms with Crippen LogP contribution in [0.3, 0.4) is 0 Å². The average molecular weight is 312 g/mol. The Kier molecular flexibility index (Phi) is 4.78. The molecule has 1 aliphatic heterocycles. The Bertz CT molecular complexity index is 396. The van der Waals surface area contributed by atoms with E-state index in [2.05, 4.69) is 21.2 Å². The first kappa shape index (κ1) is 13.6. The van der Waals surface area contributed by atoms with E-state index in [0.29, 0.717) is 11.9 Å². The minimum Gasteiger partial charge on any atom is -0.378 e. The molecule has 1 aromatic carbocycles. The molecule has 1 heterocycles. The normalized spacial score (nSPS) is 24.8. The number of amides is 1. The fourth-order valence-corrected chi connectivity index (χ4v) is 2.72. The number of hydrogen-bond acceptors (Lipinski definition) is 2. The maximum atomic E-state index is 12.1. The molecule has 0 spiro atoms. The highest BCUT2D eigenvalue weighted by molar-refractivity contribution is 9.09. The van der Waals surface area contributed by atoms with E-state index < -0.39 is 0 Å². The van der Waals surface area contributed by atoms with E-state index >= 15 is 0 Å². The quantitative estimate of drug-likeness (QED) is 0.868. The number of hydrogen-bond donors (Lipinski definition) is 1. The summed E-state index contributed by atoms with van der Waals surface area (Å²) in [6.07, 6.45) is 1.01. The van der Waals surface area contributed by atoms with Gasteiger partial charge in [0.25, 0.3) is 0 Å². The van der Waals surface area contributed by atoms with Crippen molar-refractivity contribution in [2.75, 3.05) is 11.9 Å². The molecule has 4 heteroatoms. The van der Waals surface area contributed by atoms with Gasteiger partial charge in [0.05, 0.1) is 24.7 Å². The number of carbonyl (C=O) groups is 1. The Morgan fingerprint density at radius 1 is 1.50 bits per heavy atom. The van der Waals surface area contributed by atoms with E-state index in [9.17, 15) is 4.79 Å². The van der Waals surface area contributed by atoms with Crippen LogP contribution in [0.2, 0.25) is 0 Å². The van der Waals surface area contributed by atoms with Crippen molar-refractivity contribution in [2.45, 2.75) is 25.5 Å². The van der Waals surface area contributed by atoms with Crippen LogP contribution in [0.4, 0.5) is 0 Å². The zero-order valence-corrected chi connectivity index (χ0v) is 12.0. The first-order valence-corrected chi connectivity index (χ1v) is 7.35. The molecule has 0 radical (unpaired) electrons. The molecule has 98 valence electrons. The highest BCUT2D eigenvalue weighted by Crippen LogP contribution is 2.21. The van der Waals surface area contributed by atoms with Crippen molar-refractivity contribution in [1.29, 1.82) is 0 Å². The largest absolute Gasteiger partial charge is 0.378 e. The Morgan fingerprint density at radius 3 is 2.78 bits per heavy atom. The molecule has 1 aliphatic rings. The van der Waals surface area contributed by atoms with E-state index in [-0.39, 0.29) is 24.0 Å². The number of rotatable bonds is 4. The molecule has 1 N–H and O–H groups in total. The highest BCUT2D eigenvalue weighted by atomic mass is 79.9. The second kappa shape index (κ2) is 6.34. The molecule has 3 nitrogen and oxygen atoms in total. The first-order chi connectivity index (χ1) is 8.70. The number of benzene rings is 1. The minimum atomic E-state index is -0.00902. The fourth-order valence-electron chi connectivity index (χ4n) is 2.19. The van der Waals surface area contributed by atoms with Crippen LogP contribution in [0.25, 0.3) is 0 Å². The van der Waals surface area contributed by atoms with E-state index in [1.54, 1.807) is 0 Å². The second-order valence-corrected chi connectivity index (χ2v) is 5.35. The maximum Gasteiger partial charge on any atom is 0.226 e. The van der Waals surface area contributed by atoms with Crippen LogP contribution in [0.1, 0.15) is 24.9 Å². The van der Waals surface area contributed by atoms with Gasteiger partial charge >= 0.3 is 0 Å². The lowest BCUT2D eigenvalue weighted by atomic mass is 10.0. The van der Waals surface area contributed by atoms with Gasteiger partial charge < -0.3 is 10.1 Å². The van der Waals surface area contributed by atoms with Crippen LogP contribution < -0.4 is 5.32 Å². The van der Waals surface area contributed by atoms with Gasteiger partial charge in [-0.15, -0.1) is 0 Å². The Hall–Kier alpha value is -0.870. The molecule has 1 amide bonds. The Balaban J connectivity index is 1.96. The van der Waals surface area contributed by atoms with Gasteiger partial charge in [0.2, 0.25) is 5.91 Å². The van der Waals surface area contributed by atoms with Crippen LogP contribution in [0.5, 0.6) is 0 Å². The molecule has 3 atom stereocenters. The van der Waals surface area contributed by atoms with Crippen molar-refractivity contribution >= 4 is 21.8 Å². The van der Waals surface area contributed by atoms with E-state index in [1.807, 2.05) is 37.3 Å². The van der Waals surface area contributed by atoms with Crippen LogP contribution >= 0.6 is 15.9 Å². The molecule has 2 rings (SSSR count). The van der Waals surface area contributed by atoms with Gasteiger partial charge in [-0.2, -0.15) is 0 Å². The van der Waals surface area contributed by atoms with Gasteiger partial charge in [-0.1, -0.05) is 46.3 Å². The SMILES string of the molecule is CC1CC(C(=O)NC(CBr)c2ccccc2)CO1. The Morgan fingerprint density at radius 2 is 2.22 bits per heavy atom. The van der Waals surface area contributed by atoms with Crippen LogP contribution in [0, 0.1) is 5.92 Å². The summed E-state index contributed by atoms with van der Waals surface area (Å²) >= 11 is 3.46. The number of ether oxygens (including phenoxy) is 1. The molecule has 0 bridgehead atoms.